The number of nitriles is 1. The van der Waals surface area contributed by atoms with E-state index in [9.17, 15) is 4.79 Å². The molecule has 6 heteroatoms. The Morgan fingerprint density at radius 1 is 1.15 bits per heavy atom. The summed E-state index contributed by atoms with van der Waals surface area (Å²) in [5.74, 6) is 0.977. The maximum atomic E-state index is 13.2. The number of amides is 1. The topological polar surface area (TPSA) is 74.6 Å². The molecule has 134 valence electrons. The van der Waals surface area contributed by atoms with Crippen molar-refractivity contribution in [2.75, 3.05) is 19.5 Å². The Bertz CT molecular complexity index is 830. The quantitative estimate of drug-likeness (QED) is 0.863. The summed E-state index contributed by atoms with van der Waals surface area (Å²) >= 11 is 0. The molecule has 1 atom stereocenters. The molecule has 2 aromatic rings. The maximum absolute atomic E-state index is 13.2. The number of nitrogens with one attached hydrogen (secondary N) is 1. The number of methoxy groups -OCH3 is 2. The van der Waals surface area contributed by atoms with Crippen molar-refractivity contribution in [3.8, 4) is 17.6 Å². The van der Waals surface area contributed by atoms with Crippen LogP contribution in [0.3, 0.4) is 0 Å². The van der Waals surface area contributed by atoms with Crippen LogP contribution in [0.15, 0.2) is 42.5 Å². The minimum Gasteiger partial charge on any atom is -0.493 e. The molecule has 6 nitrogen and oxygen atoms in total. The molecule has 2 aromatic carbocycles. The number of ether oxygens (including phenoxy) is 2. The van der Waals surface area contributed by atoms with Gasteiger partial charge in [-0.2, -0.15) is 5.26 Å². The SMILES string of the molecule is COc1cc2c(cc1OC)C(=O)N(Cc1ccccc1)C(CCC#N)N2. The van der Waals surface area contributed by atoms with Gasteiger partial charge in [-0.3, -0.25) is 4.79 Å². The van der Waals surface area contributed by atoms with Gasteiger partial charge < -0.3 is 19.7 Å². The number of hydrogen-bond acceptors (Lipinski definition) is 5. The lowest BCUT2D eigenvalue weighted by Gasteiger charge is -2.38. The molecule has 1 aliphatic rings. The van der Waals surface area contributed by atoms with Crippen LogP contribution in [-0.4, -0.2) is 31.2 Å². The summed E-state index contributed by atoms with van der Waals surface area (Å²) in [6.07, 6.45) is 0.648. The van der Waals surface area contributed by atoms with Gasteiger partial charge in [-0.05, 0) is 18.1 Å². The monoisotopic (exact) mass is 351 g/mol. The minimum atomic E-state index is -0.257. The number of benzene rings is 2. The number of hydrogen-bond donors (Lipinski definition) is 1. The van der Waals surface area contributed by atoms with Gasteiger partial charge in [-0.15, -0.1) is 0 Å². The number of nitrogens with zero attached hydrogens (tertiary/aromatic N) is 2. The molecule has 1 aliphatic heterocycles. The molecule has 0 fully saturated rings. The summed E-state index contributed by atoms with van der Waals surface area (Å²) in [5.41, 5.74) is 2.26. The minimum absolute atomic E-state index is 0.0912. The van der Waals surface area contributed by atoms with Crippen molar-refractivity contribution >= 4 is 11.6 Å². The Kier molecular flexibility index (Phi) is 5.28. The van der Waals surface area contributed by atoms with E-state index in [1.807, 2.05) is 30.3 Å². The molecular formula is C20H21N3O3. The second kappa shape index (κ2) is 7.79. The average Bonchev–Trinajstić information content (AvgIpc) is 2.68. The van der Waals surface area contributed by atoms with Gasteiger partial charge in [0.2, 0.25) is 0 Å². The summed E-state index contributed by atoms with van der Waals surface area (Å²) in [4.78, 5) is 14.9. The van der Waals surface area contributed by atoms with Crippen molar-refractivity contribution < 1.29 is 14.3 Å². The molecule has 0 bridgehead atoms. The van der Waals surface area contributed by atoms with Crippen LogP contribution in [0.1, 0.15) is 28.8 Å². The summed E-state index contributed by atoms with van der Waals surface area (Å²) in [6.45, 7) is 0.469. The van der Waals surface area contributed by atoms with Crippen molar-refractivity contribution in [3.05, 3.63) is 53.6 Å². The Labute approximate surface area is 152 Å². The predicted octanol–water partition coefficient (Wildman–Crippen LogP) is 3.40. The zero-order chi connectivity index (χ0) is 18.5. The highest BCUT2D eigenvalue weighted by molar-refractivity contribution is 6.02. The normalized spacial score (nSPS) is 15.7. The van der Waals surface area contributed by atoms with Gasteiger partial charge in [0, 0.05) is 19.0 Å². The van der Waals surface area contributed by atoms with E-state index in [4.69, 9.17) is 14.7 Å². The molecule has 0 radical (unpaired) electrons. The molecule has 26 heavy (non-hydrogen) atoms. The number of carbonyl (C=O) groups excluding carboxylic acids is 1. The van der Waals surface area contributed by atoms with E-state index in [1.54, 1.807) is 31.3 Å². The lowest BCUT2D eigenvalue weighted by molar-refractivity contribution is 0.0660. The number of carbonyl (C=O) groups is 1. The second-order valence-corrected chi connectivity index (χ2v) is 6.03. The van der Waals surface area contributed by atoms with E-state index < -0.39 is 0 Å². The van der Waals surface area contributed by atoms with E-state index >= 15 is 0 Å². The van der Waals surface area contributed by atoms with Crippen molar-refractivity contribution in [2.45, 2.75) is 25.6 Å². The van der Waals surface area contributed by atoms with Gasteiger partial charge >= 0.3 is 0 Å². The van der Waals surface area contributed by atoms with E-state index in [0.717, 1.165) is 5.56 Å². The van der Waals surface area contributed by atoms with Crippen LogP contribution in [0.2, 0.25) is 0 Å². The smallest absolute Gasteiger partial charge is 0.258 e. The zero-order valence-electron chi connectivity index (χ0n) is 14.9. The van der Waals surface area contributed by atoms with E-state index in [-0.39, 0.29) is 12.1 Å². The summed E-state index contributed by atoms with van der Waals surface area (Å²) in [6, 6.07) is 15.4. The molecule has 1 heterocycles. The highest BCUT2D eigenvalue weighted by atomic mass is 16.5. The molecule has 3 rings (SSSR count). The third-order valence-electron chi connectivity index (χ3n) is 4.44. The first-order valence-corrected chi connectivity index (χ1v) is 8.42. The first kappa shape index (κ1) is 17.6. The van der Waals surface area contributed by atoms with Gasteiger partial charge in [0.25, 0.3) is 5.91 Å². The molecule has 0 aromatic heterocycles. The fourth-order valence-corrected chi connectivity index (χ4v) is 3.12. The summed E-state index contributed by atoms with van der Waals surface area (Å²) < 4.78 is 10.7. The molecule has 0 aliphatic carbocycles. The van der Waals surface area contributed by atoms with Crippen LogP contribution in [-0.2, 0) is 6.54 Å². The molecule has 0 saturated heterocycles. The molecule has 0 spiro atoms. The highest BCUT2D eigenvalue weighted by Gasteiger charge is 2.33. The molecule has 1 N–H and O–H groups in total. The number of rotatable bonds is 6. The number of anilines is 1. The van der Waals surface area contributed by atoms with E-state index in [1.165, 1.54) is 0 Å². The third-order valence-corrected chi connectivity index (χ3v) is 4.44. The predicted molar refractivity (Wildman–Crippen MR) is 98.1 cm³/mol. The highest BCUT2D eigenvalue weighted by Crippen LogP contribution is 2.37. The van der Waals surface area contributed by atoms with Gasteiger partial charge in [0.15, 0.2) is 11.5 Å². The zero-order valence-corrected chi connectivity index (χ0v) is 14.9. The van der Waals surface area contributed by atoms with Gasteiger partial charge in [0.1, 0.15) is 6.17 Å². The van der Waals surface area contributed by atoms with Gasteiger partial charge in [-0.25, -0.2) is 0 Å². The summed E-state index contributed by atoms with van der Waals surface area (Å²) in [5, 5.41) is 12.3. The Morgan fingerprint density at radius 3 is 2.50 bits per heavy atom. The lowest BCUT2D eigenvalue weighted by Crippen LogP contribution is -2.48. The second-order valence-electron chi connectivity index (χ2n) is 6.03. The van der Waals surface area contributed by atoms with Gasteiger partial charge in [-0.1, -0.05) is 30.3 Å². The lowest BCUT2D eigenvalue weighted by atomic mass is 10.0. The molecule has 1 unspecified atom stereocenters. The van der Waals surface area contributed by atoms with Crippen LogP contribution in [0, 0.1) is 11.3 Å². The van der Waals surface area contributed by atoms with Crippen molar-refractivity contribution in [2.24, 2.45) is 0 Å². The first-order chi connectivity index (χ1) is 12.7. The Hall–Kier alpha value is -3.20. The van der Waals surface area contributed by atoms with Crippen molar-refractivity contribution in [1.29, 1.82) is 5.26 Å². The fourth-order valence-electron chi connectivity index (χ4n) is 3.12. The van der Waals surface area contributed by atoms with E-state index in [0.29, 0.717) is 42.1 Å². The standard InChI is InChI=1S/C20H21N3O3/c1-25-17-11-15-16(12-18(17)26-2)22-19(9-6-10-21)23(20(15)24)13-14-7-4-3-5-8-14/h3-5,7-8,11-12,19,22H,6,9,13H2,1-2H3. The van der Waals surface area contributed by atoms with Crippen LogP contribution >= 0.6 is 0 Å². The van der Waals surface area contributed by atoms with Crippen LogP contribution < -0.4 is 14.8 Å². The molecular weight excluding hydrogens is 330 g/mol. The average molecular weight is 351 g/mol. The number of fused-ring (bicyclic) bond motifs is 1. The Morgan fingerprint density at radius 2 is 1.85 bits per heavy atom. The Balaban J connectivity index is 1.98. The van der Waals surface area contributed by atoms with E-state index in [2.05, 4.69) is 11.4 Å². The molecule has 0 saturated carbocycles. The van der Waals surface area contributed by atoms with Crippen LogP contribution in [0.25, 0.3) is 0 Å². The largest absolute Gasteiger partial charge is 0.493 e. The van der Waals surface area contributed by atoms with Crippen LogP contribution in [0.4, 0.5) is 5.69 Å². The maximum Gasteiger partial charge on any atom is 0.258 e. The fraction of sp³-hybridized carbons (Fsp3) is 0.300. The van der Waals surface area contributed by atoms with Gasteiger partial charge in [0.05, 0.1) is 31.5 Å². The van der Waals surface area contributed by atoms with Crippen molar-refractivity contribution in [1.82, 2.24) is 4.90 Å². The first-order valence-electron chi connectivity index (χ1n) is 8.42. The molecule has 1 amide bonds. The third kappa shape index (κ3) is 3.42. The van der Waals surface area contributed by atoms with Crippen LogP contribution in [0.5, 0.6) is 11.5 Å². The summed E-state index contributed by atoms with van der Waals surface area (Å²) in [7, 11) is 3.10. The van der Waals surface area contributed by atoms with Crippen molar-refractivity contribution in [3.63, 3.8) is 0 Å².